The average Bonchev–Trinajstić information content (AvgIpc) is 3.25. The number of Topliss-reactive ketones (excluding diaryl/α,β-unsaturated/α-hetero) is 2. The number of allylic oxidation sites excluding steroid dienone is 4. The van der Waals surface area contributed by atoms with Gasteiger partial charge in [0.25, 0.3) is 0 Å². The van der Waals surface area contributed by atoms with Crippen molar-refractivity contribution in [2.45, 2.75) is 71.6 Å². The largest absolute Gasteiger partial charge is 0.299 e. The van der Waals surface area contributed by atoms with Crippen LogP contribution in [0.3, 0.4) is 0 Å². The van der Waals surface area contributed by atoms with E-state index in [2.05, 4.69) is 26.0 Å². The molecular weight excluding hydrogens is 334 g/mol. The molecule has 0 saturated heterocycles. The van der Waals surface area contributed by atoms with Crippen molar-refractivity contribution in [3.63, 3.8) is 0 Å². The number of carbonyl (C=O) groups is 2. The Bertz CT molecular complexity index is 837. The Morgan fingerprint density at radius 1 is 1.07 bits per heavy atom. The molecule has 5 aliphatic rings. The fraction of sp³-hybridized carbons (Fsp3) is 0.708. The minimum absolute atomic E-state index is 0.0846. The molecule has 1 spiro atoms. The van der Waals surface area contributed by atoms with Gasteiger partial charge in [0.05, 0.1) is 11.0 Å². The van der Waals surface area contributed by atoms with E-state index >= 15 is 0 Å². The van der Waals surface area contributed by atoms with Gasteiger partial charge >= 0.3 is 0 Å². The van der Waals surface area contributed by atoms with Crippen LogP contribution in [-0.2, 0) is 9.59 Å². The normalized spacial score (nSPS) is 44.9. The van der Waals surface area contributed by atoms with Crippen molar-refractivity contribution >= 4 is 11.6 Å². The van der Waals surface area contributed by atoms with E-state index in [0.717, 1.165) is 57.8 Å². The van der Waals surface area contributed by atoms with Gasteiger partial charge < -0.3 is 0 Å². The molecule has 3 fully saturated rings. The molecule has 0 bridgehead atoms. The summed E-state index contributed by atoms with van der Waals surface area (Å²) in [6, 6.07) is 2.25. The smallest absolute Gasteiger partial charge is 0.183 e. The molecule has 0 radical (unpaired) electrons. The van der Waals surface area contributed by atoms with Crippen LogP contribution in [0.4, 0.5) is 0 Å². The lowest BCUT2D eigenvalue weighted by molar-refractivity contribution is -0.131. The monoisotopic (exact) mass is 363 g/mol. The Morgan fingerprint density at radius 2 is 1.81 bits per heavy atom. The van der Waals surface area contributed by atoms with Crippen molar-refractivity contribution in [2.24, 2.45) is 34.0 Å². The maximum atomic E-state index is 13.2. The SMILES string of the molecule is C[C@]12C=C(C#N)C(=O)C3(CCCC3)C1=CCC1[C@@H]2CC[C@]2(C)C(=O)CC[C@@H]12. The Morgan fingerprint density at radius 3 is 2.52 bits per heavy atom. The fourth-order valence-corrected chi connectivity index (χ4v) is 8.00. The zero-order chi connectivity index (χ0) is 19.0. The molecule has 5 atom stereocenters. The molecule has 0 aromatic heterocycles. The lowest BCUT2D eigenvalue weighted by Crippen LogP contribution is -2.53. The number of ketones is 2. The molecule has 5 aliphatic carbocycles. The number of hydrogen-bond donors (Lipinski definition) is 0. The predicted octanol–water partition coefficient (Wildman–Crippen LogP) is 4.93. The highest BCUT2D eigenvalue weighted by molar-refractivity contribution is 6.07. The number of nitrogens with zero attached hydrogens (tertiary/aromatic N) is 1. The first-order valence-corrected chi connectivity index (χ1v) is 10.8. The minimum atomic E-state index is -0.411. The third-order valence-electron chi connectivity index (χ3n) is 9.31. The van der Waals surface area contributed by atoms with E-state index in [9.17, 15) is 14.9 Å². The molecule has 3 heteroatoms. The molecule has 0 aromatic carbocycles. The van der Waals surface area contributed by atoms with E-state index in [4.69, 9.17) is 0 Å². The van der Waals surface area contributed by atoms with E-state index < -0.39 is 5.41 Å². The van der Waals surface area contributed by atoms with Crippen molar-refractivity contribution in [1.82, 2.24) is 0 Å². The molecule has 142 valence electrons. The van der Waals surface area contributed by atoms with Gasteiger partial charge in [0.1, 0.15) is 11.9 Å². The van der Waals surface area contributed by atoms with E-state index in [1.54, 1.807) is 0 Å². The Hall–Kier alpha value is -1.69. The van der Waals surface area contributed by atoms with E-state index in [0.29, 0.717) is 29.1 Å². The second kappa shape index (κ2) is 5.43. The van der Waals surface area contributed by atoms with Gasteiger partial charge in [0, 0.05) is 17.3 Å². The van der Waals surface area contributed by atoms with Gasteiger partial charge in [-0.05, 0) is 56.3 Å². The van der Waals surface area contributed by atoms with Gasteiger partial charge in [-0.3, -0.25) is 9.59 Å². The van der Waals surface area contributed by atoms with Crippen molar-refractivity contribution in [3.8, 4) is 6.07 Å². The highest BCUT2D eigenvalue weighted by Gasteiger charge is 2.62. The molecule has 0 heterocycles. The minimum Gasteiger partial charge on any atom is -0.299 e. The van der Waals surface area contributed by atoms with Gasteiger partial charge in [-0.2, -0.15) is 5.26 Å². The molecular formula is C24H29NO2. The van der Waals surface area contributed by atoms with E-state index in [-0.39, 0.29) is 16.6 Å². The summed E-state index contributed by atoms with van der Waals surface area (Å²) in [5.41, 5.74) is 0.976. The molecule has 5 rings (SSSR count). The summed E-state index contributed by atoms with van der Waals surface area (Å²) in [4.78, 5) is 25.8. The number of rotatable bonds is 0. The third kappa shape index (κ3) is 1.97. The van der Waals surface area contributed by atoms with Crippen molar-refractivity contribution in [1.29, 1.82) is 5.26 Å². The highest BCUT2D eigenvalue weighted by atomic mass is 16.1. The quantitative estimate of drug-likeness (QED) is 0.574. The van der Waals surface area contributed by atoms with Gasteiger partial charge in [-0.1, -0.05) is 44.4 Å². The van der Waals surface area contributed by atoms with Crippen LogP contribution in [0.5, 0.6) is 0 Å². The summed E-state index contributed by atoms with van der Waals surface area (Å²) >= 11 is 0. The maximum absolute atomic E-state index is 13.2. The Balaban J connectivity index is 1.65. The van der Waals surface area contributed by atoms with Gasteiger partial charge in [-0.25, -0.2) is 0 Å². The Kier molecular flexibility index (Phi) is 3.50. The first-order chi connectivity index (χ1) is 12.9. The lowest BCUT2D eigenvalue weighted by Gasteiger charge is -2.57. The number of carbonyl (C=O) groups excluding carboxylic acids is 2. The van der Waals surface area contributed by atoms with Crippen molar-refractivity contribution in [2.75, 3.05) is 0 Å². The summed E-state index contributed by atoms with van der Waals surface area (Å²) < 4.78 is 0. The first kappa shape index (κ1) is 17.4. The molecule has 0 aromatic rings. The number of hydrogen-bond acceptors (Lipinski definition) is 3. The number of fused-ring (bicyclic) bond motifs is 6. The average molecular weight is 364 g/mol. The summed E-state index contributed by atoms with van der Waals surface area (Å²) in [6.07, 6.45) is 13.2. The van der Waals surface area contributed by atoms with E-state index in [1.807, 2.05) is 6.08 Å². The van der Waals surface area contributed by atoms with Crippen molar-refractivity contribution < 1.29 is 9.59 Å². The zero-order valence-corrected chi connectivity index (χ0v) is 16.5. The van der Waals surface area contributed by atoms with Crippen LogP contribution in [0.25, 0.3) is 0 Å². The van der Waals surface area contributed by atoms with Gasteiger partial charge in [-0.15, -0.1) is 0 Å². The van der Waals surface area contributed by atoms with Crippen LogP contribution in [0.2, 0.25) is 0 Å². The summed E-state index contributed by atoms with van der Waals surface area (Å²) in [5, 5.41) is 9.73. The standard InChI is InChI=1S/C24H29NO2/c1-22-12-9-18-16(17(22)6-8-20(22)26)5-7-19-23(18,2)13-15(14-25)21(27)24(19)10-3-4-11-24/h7,13,16-18H,3-6,8-12H2,1-2H3/t16?,17-,18-,22-,23+/m0/s1. The molecule has 27 heavy (non-hydrogen) atoms. The predicted molar refractivity (Wildman–Crippen MR) is 102 cm³/mol. The van der Waals surface area contributed by atoms with Crippen LogP contribution in [0, 0.1) is 45.3 Å². The van der Waals surface area contributed by atoms with Crippen LogP contribution in [0.15, 0.2) is 23.3 Å². The Labute approximate surface area is 161 Å². The van der Waals surface area contributed by atoms with Gasteiger partial charge in [0.15, 0.2) is 5.78 Å². The number of nitriles is 1. The molecule has 0 aliphatic heterocycles. The highest BCUT2D eigenvalue weighted by Crippen LogP contribution is 2.67. The summed E-state index contributed by atoms with van der Waals surface area (Å²) in [5.74, 6) is 1.98. The van der Waals surface area contributed by atoms with Crippen LogP contribution >= 0.6 is 0 Å². The summed E-state index contributed by atoms with van der Waals surface area (Å²) in [6.45, 7) is 4.49. The zero-order valence-electron chi connectivity index (χ0n) is 16.5. The first-order valence-electron chi connectivity index (χ1n) is 10.8. The van der Waals surface area contributed by atoms with E-state index in [1.165, 1.54) is 5.57 Å². The fourth-order valence-electron chi connectivity index (χ4n) is 8.00. The van der Waals surface area contributed by atoms with Gasteiger partial charge in [0.2, 0.25) is 0 Å². The lowest BCUT2D eigenvalue weighted by atomic mass is 9.45. The second-order valence-corrected chi connectivity index (χ2v) is 10.2. The van der Waals surface area contributed by atoms with Crippen LogP contribution < -0.4 is 0 Å². The molecule has 0 N–H and O–H groups in total. The molecule has 0 amide bonds. The van der Waals surface area contributed by atoms with Crippen molar-refractivity contribution in [3.05, 3.63) is 23.3 Å². The molecule has 1 unspecified atom stereocenters. The van der Waals surface area contributed by atoms with Crippen LogP contribution in [0.1, 0.15) is 71.6 Å². The maximum Gasteiger partial charge on any atom is 0.183 e. The molecule has 3 nitrogen and oxygen atoms in total. The topological polar surface area (TPSA) is 57.9 Å². The summed E-state index contributed by atoms with van der Waals surface area (Å²) in [7, 11) is 0. The second-order valence-electron chi connectivity index (χ2n) is 10.2. The van der Waals surface area contributed by atoms with Crippen LogP contribution in [-0.4, -0.2) is 11.6 Å². The third-order valence-corrected chi connectivity index (χ3v) is 9.31. The molecule has 3 saturated carbocycles.